The first-order valence-corrected chi connectivity index (χ1v) is 10.6. The van der Waals surface area contributed by atoms with Crippen LogP contribution in [0.4, 0.5) is 5.82 Å². The Morgan fingerprint density at radius 2 is 2.21 bits per heavy atom. The lowest BCUT2D eigenvalue weighted by molar-refractivity contribution is -0.143. The Morgan fingerprint density at radius 3 is 2.97 bits per heavy atom. The molecule has 0 aromatic carbocycles. The molecule has 7 nitrogen and oxygen atoms in total. The average Bonchev–Trinajstić information content (AvgIpc) is 2.76. The van der Waals surface area contributed by atoms with Crippen molar-refractivity contribution in [2.45, 2.75) is 44.6 Å². The maximum Gasteiger partial charge on any atom is 0.328 e. The summed E-state index contributed by atoms with van der Waals surface area (Å²) in [6.07, 6.45) is 7.66. The molecule has 0 spiro atoms. The number of carbonyl (C=O) groups excluding carboxylic acids is 1. The standard InChI is InChI=1S/C22H36N4O3/c1-4-23-20(22(27)29-3)12-15-26(16-17-28-2)14-6-5-9-19-11-10-18-8-7-13-24-21(18)25-19/h4,10-11,20,23H,1,5-9,12-17H2,2-3H3,(H,24,25)/t20-/m0/s1. The van der Waals surface area contributed by atoms with Crippen LogP contribution >= 0.6 is 0 Å². The van der Waals surface area contributed by atoms with E-state index in [-0.39, 0.29) is 12.0 Å². The topological polar surface area (TPSA) is 75.7 Å². The van der Waals surface area contributed by atoms with Gasteiger partial charge in [-0.25, -0.2) is 9.78 Å². The van der Waals surface area contributed by atoms with Gasteiger partial charge in [0.15, 0.2) is 0 Å². The number of ether oxygens (including phenoxy) is 2. The second-order valence-corrected chi connectivity index (χ2v) is 7.37. The van der Waals surface area contributed by atoms with E-state index in [1.807, 2.05) is 0 Å². The van der Waals surface area contributed by atoms with E-state index >= 15 is 0 Å². The lowest BCUT2D eigenvalue weighted by Gasteiger charge is -2.24. The smallest absolute Gasteiger partial charge is 0.328 e. The van der Waals surface area contributed by atoms with Gasteiger partial charge in [0.25, 0.3) is 0 Å². The molecule has 2 heterocycles. The van der Waals surface area contributed by atoms with Gasteiger partial charge in [0.1, 0.15) is 11.9 Å². The van der Waals surface area contributed by atoms with Gasteiger partial charge >= 0.3 is 5.97 Å². The zero-order valence-corrected chi connectivity index (χ0v) is 17.9. The number of rotatable bonds is 14. The number of aryl methyl sites for hydroxylation is 2. The quantitative estimate of drug-likeness (QED) is 0.364. The Bertz CT molecular complexity index is 638. The van der Waals surface area contributed by atoms with Gasteiger partial charge in [-0.15, -0.1) is 0 Å². The van der Waals surface area contributed by atoms with Crippen molar-refractivity contribution in [2.75, 3.05) is 52.3 Å². The molecule has 1 aliphatic heterocycles. The van der Waals surface area contributed by atoms with Crippen molar-refractivity contribution >= 4 is 11.8 Å². The molecule has 0 saturated heterocycles. The van der Waals surface area contributed by atoms with Crippen molar-refractivity contribution in [2.24, 2.45) is 0 Å². The minimum Gasteiger partial charge on any atom is -0.467 e. The zero-order valence-electron chi connectivity index (χ0n) is 17.9. The molecule has 1 aliphatic rings. The molecular weight excluding hydrogens is 368 g/mol. The van der Waals surface area contributed by atoms with Gasteiger partial charge < -0.3 is 25.0 Å². The van der Waals surface area contributed by atoms with Crippen LogP contribution in [0, 0.1) is 0 Å². The van der Waals surface area contributed by atoms with Crippen molar-refractivity contribution in [3.05, 3.63) is 36.2 Å². The predicted molar refractivity (Wildman–Crippen MR) is 116 cm³/mol. The Labute approximate surface area is 174 Å². The van der Waals surface area contributed by atoms with Gasteiger partial charge in [0, 0.05) is 32.4 Å². The van der Waals surface area contributed by atoms with Crippen molar-refractivity contribution < 1.29 is 14.3 Å². The summed E-state index contributed by atoms with van der Waals surface area (Å²) in [4.78, 5) is 19.0. The molecule has 1 aromatic rings. The molecule has 2 rings (SSSR count). The number of esters is 1. The number of carbonyl (C=O) groups is 1. The number of nitrogens with one attached hydrogen (secondary N) is 2. The summed E-state index contributed by atoms with van der Waals surface area (Å²) in [5, 5.41) is 6.38. The summed E-state index contributed by atoms with van der Waals surface area (Å²) in [6, 6.07) is 4.01. The van der Waals surface area contributed by atoms with Crippen LogP contribution < -0.4 is 10.6 Å². The third-order valence-corrected chi connectivity index (χ3v) is 5.26. The third kappa shape index (κ3) is 8.03. The van der Waals surface area contributed by atoms with E-state index in [0.29, 0.717) is 13.0 Å². The number of fused-ring (bicyclic) bond motifs is 1. The van der Waals surface area contributed by atoms with E-state index in [4.69, 9.17) is 14.5 Å². The third-order valence-electron chi connectivity index (χ3n) is 5.26. The van der Waals surface area contributed by atoms with Gasteiger partial charge in [-0.1, -0.05) is 12.6 Å². The highest BCUT2D eigenvalue weighted by molar-refractivity contribution is 5.75. The summed E-state index contributed by atoms with van der Waals surface area (Å²) in [6.45, 7) is 7.95. The zero-order chi connectivity index (χ0) is 20.9. The Hall–Kier alpha value is -2.12. The van der Waals surface area contributed by atoms with Crippen molar-refractivity contribution in [1.82, 2.24) is 15.2 Å². The van der Waals surface area contributed by atoms with Crippen LogP contribution in [0.25, 0.3) is 0 Å². The fourth-order valence-electron chi connectivity index (χ4n) is 3.57. The largest absolute Gasteiger partial charge is 0.467 e. The lowest BCUT2D eigenvalue weighted by atomic mass is 10.1. The maximum absolute atomic E-state index is 11.9. The molecule has 0 radical (unpaired) electrons. The number of methoxy groups -OCH3 is 2. The molecule has 1 aromatic heterocycles. The monoisotopic (exact) mass is 404 g/mol. The molecule has 7 heteroatoms. The van der Waals surface area contributed by atoms with Gasteiger partial charge in [-0.2, -0.15) is 0 Å². The summed E-state index contributed by atoms with van der Waals surface area (Å²) in [7, 11) is 3.12. The lowest BCUT2D eigenvalue weighted by Crippen LogP contribution is -2.39. The molecule has 0 unspecified atom stereocenters. The van der Waals surface area contributed by atoms with E-state index in [1.54, 1.807) is 13.3 Å². The van der Waals surface area contributed by atoms with Gasteiger partial charge in [0.05, 0.1) is 13.7 Å². The number of pyridine rings is 1. The Kier molecular flexibility index (Phi) is 10.5. The molecule has 0 aliphatic carbocycles. The highest BCUT2D eigenvalue weighted by atomic mass is 16.5. The predicted octanol–water partition coefficient (Wildman–Crippen LogP) is 2.38. The van der Waals surface area contributed by atoms with Crippen LogP contribution in [0.5, 0.6) is 0 Å². The van der Waals surface area contributed by atoms with Crippen LogP contribution in [-0.4, -0.2) is 68.9 Å². The van der Waals surface area contributed by atoms with E-state index in [1.165, 1.54) is 19.1 Å². The van der Waals surface area contributed by atoms with Crippen molar-refractivity contribution in [1.29, 1.82) is 0 Å². The molecule has 0 amide bonds. The average molecular weight is 405 g/mol. The summed E-state index contributed by atoms with van der Waals surface area (Å²) in [5.74, 6) is 0.808. The minimum atomic E-state index is -0.366. The first kappa shape index (κ1) is 23.2. The molecule has 1 atom stereocenters. The summed E-state index contributed by atoms with van der Waals surface area (Å²) >= 11 is 0. The van der Waals surface area contributed by atoms with Crippen LogP contribution in [0.3, 0.4) is 0 Å². The van der Waals surface area contributed by atoms with Crippen LogP contribution in [0.2, 0.25) is 0 Å². The number of hydrogen-bond acceptors (Lipinski definition) is 7. The van der Waals surface area contributed by atoms with Gasteiger partial charge in [-0.3, -0.25) is 0 Å². The highest BCUT2D eigenvalue weighted by Crippen LogP contribution is 2.20. The fourth-order valence-corrected chi connectivity index (χ4v) is 3.57. The van der Waals surface area contributed by atoms with Crippen LogP contribution in [0.15, 0.2) is 24.9 Å². The number of anilines is 1. The highest BCUT2D eigenvalue weighted by Gasteiger charge is 2.18. The van der Waals surface area contributed by atoms with Crippen molar-refractivity contribution in [3.63, 3.8) is 0 Å². The Balaban J connectivity index is 1.77. The number of aromatic nitrogens is 1. The van der Waals surface area contributed by atoms with E-state index in [2.05, 4.69) is 34.2 Å². The number of hydrogen-bond donors (Lipinski definition) is 2. The normalized spacial score (nSPS) is 14.0. The molecule has 29 heavy (non-hydrogen) atoms. The number of nitrogens with zero attached hydrogens (tertiary/aromatic N) is 2. The molecular formula is C22H36N4O3. The Morgan fingerprint density at radius 1 is 1.34 bits per heavy atom. The molecule has 162 valence electrons. The van der Waals surface area contributed by atoms with Crippen LogP contribution in [0.1, 0.15) is 36.9 Å². The van der Waals surface area contributed by atoms with Crippen molar-refractivity contribution in [3.8, 4) is 0 Å². The first-order chi connectivity index (χ1) is 14.2. The van der Waals surface area contributed by atoms with Gasteiger partial charge in [0.2, 0.25) is 0 Å². The first-order valence-electron chi connectivity index (χ1n) is 10.6. The fraction of sp³-hybridized carbons (Fsp3) is 0.636. The van der Waals surface area contributed by atoms with E-state index in [9.17, 15) is 4.79 Å². The molecule has 0 saturated carbocycles. The maximum atomic E-state index is 11.9. The SMILES string of the molecule is C=CN[C@@H](CCN(CCCCc1ccc2c(n1)NCCC2)CCOC)C(=O)OC. The van der Waals surface area contributed by atoms with Gasteiger partial charge in [-0.05, 0) is 62.9 Å². The summed E-state index contributed by atoms with van der Waals surface area (Å²) in [5.41, 5.74) is 2.49. The van der Waals surface area contributed by atoms with E-state index < -0.39 is 0 Å². The molecule has 0 fully saturated rings. The second kappa shape index (κ2) is 13.2. The molecule has 2 N–H and O–H groups in total. The number of unbranched alkanes of at least 4 members (excludes halogenated alkanes) is 1. The van der Waals surface area contributed by atoms with Crippen LogP contribution in [-0.2, 0) is 27.1 Å². The summed E-state index contributed by atoms with van der Waals surface area (Å²) < 4.78 is 10.1. The minimum absolute atomic E-state index is 0.260. The van der Waals surface area contributed by atoms with E-state index in [0.717, 1.165) is 63.4 Å². The molecule has 0 bridgehead atoms. The second-order valence-electron chi connectivity index (χ2n) is 7.37.